The van der Waals surface area contributed by atoms with Crippen molar-refractivity contribution in [2.45, 2.75) is 19.3 Å². The van der Waals surface area contributed by atoms with Gasteiger partial charge in [-0.2, -0.15) is 0 Å². The molecule has 0 amide bonds. The number of halogens is 2. The summed E-state index contributed by atoms with van der Waals surface area (Å²) in [5.74, 6) is -1.32. The van der Waals surface area contributed by atoms with Crippen LogP contribution in [0.5, 0.6) is 0 Å². The lowest BCUT2D eigenvalue weighted by Gasteiger charge is -2.23. The number of fused-ring (bicyclic) bond motifs is 1. The lowest BCUT2D eigenvalue weighted by Crippen LogP contribution is -2.24. The molecule has 0 aromatic heterocycles. The van der Waals surface area contributed by atoms with Gasteiger partial charge in [0.15, 0.2) is 5.78 Å². The van der Waals surface area contributed by atoms with E-state index < -0.39 is 11.6 Å². The number of hydrogen-bond donors (Lipinski definition) is 0. The van der Waals surface area contributed by atoms with E-state index in [2.05, 4.69) is 0 Å². The van der Waals surface area contributed by atoms with Crippen molar-refractivity contribution in [3.8, 4) is 0 Å². The Hall–Kier alpha value is -2.03. The van der Waals surface area contributed by atoms with Gasteiger partial charge in [0.2, 0.25) is 0 Å². The monoisotopic (exact) mass is 272 g/mol. The fraction of sp³-hybridized carbons (Fsp3) is 0.235. The smallest absolute Gasteiger partial charge is 0.166 e. The maximum absolute atomic E-state index is 13.7. The maximum Gasteiger partial charge on any atom is 0.166 e. The average Bonchev–Trinajstić information content (AvgIpc) is 2.45. The van der Waals surface area contributed by atoms with Gasteiger partial charge in [-0.25, -0.2) is 8.78 Å². The van der Waals surface area contributed by atoms with Crippen molar-refractivity contribution in [1.29, 1.82) is 0 Å². The first-order valence-electron chi connectivity index (χ1n) is 6.71. The van der Waals surface area contributed by atoms with Crippen molar-refractivity contribution in [2.75, 3.05) is 0 Å². The standard InChI is InChI=1S/C17H14F2O/c18-14-8-7-12(16(19)10-14)9-13-6-5-11-3-1-2-4-15(11)17(13)20/h1-4,7-8,10,13H,5-6,9H2. The minimum atomic E-state index is -0.591. The molecule has 20 heavy (non-hydrogen) atoms. The summed E-state index contributed by atoms with van der Waals surface area (Å²) >= 11 is 0. The van der Waals surface area contributed by atoms with Crippen LogP contribution in [-0.2, 0) is 12.8 Å². The topological polar surface area (TPSA) is 17.1 Å². The third-order valence-corrected chi connectivity index (χ3v) is 3.90. The first kappa shape index (κ1) is 13.0. The number of Topliss-reactive ketones (excluding diaryl/α,β-unsaturated/α-hetero) is 1. The zero-order valence-electron chi connectivity index (χ0n) is 10.9. The van der Waals surface area contributed by atoms with E-state index in [1.807, 2.05) is 24.3 Å². The second kappa shape index (κ2) is 5.16. The van der Waals surface area contributed by atoms with Crippen LogP contribution < -0.4 is 0 Å². The van der Waals surface area contributed by atoms with Crippen LogP contribution in [0.1, 0.15) is 27.9 Å². The molecule has 2 aromatic rings. The highest BCUT2D eigenvalue weighted by molar-refractivity contribution is 6.00. The highest BCUT2D eigenvalue weighted by Crippen LogP contribution is 2.28. The normalized spacial score (nSPS) is 17.9. The molecule has 0 radical (unpaired) electrons. The number of rotatable bonds is 2. The van der Waals surface area contributed by atoms with Gasteiger partial charge in [-0.1, -0.05) is 30.3 Å². The highest BCUT2D eigenvalue weighted by Gasteiger charge is 2.27. The van der Waals surface area contributed by atoms with Gasteiger partial charge < -0.3 is 0 Å². The van der Waals surface area contributed by atoms with Crippen LogP contribution in [0.15, 0.2) is 42.5 Å². The SMILES string of the molecule is O=C1c2ccccc2CCC1Cc1ccc(F)cc1F. The predicted octanol–water partition coefficient (Wildman–Crippen LogP) is 3.95. The molecule has 1 nitrogen and oxygen atoms in total. The molecule has 0 fully saturated rings. The van der Waals surface area contributed by atoms with Crippen LogP contribution in [0.25, 0.3) is 0 Å². The average molecular weight is 272 g/mol. The maximum atomic E-state index is 13.7. The molecule has 0 saturated heterocycles. The number of carbonyl (C=O) groups excluding carboxylic acids is 1. The molecular weight excluding hydrogens is 258 g/mol. The first-order valence-corrected chi connectivity index (χ1v) is 6.71. The van der Waals surface area contributed by atoms with Crippen molar-refractivity contribution in [1.82, 2.24) is 0 Å². The molecule has 0 N–H and O–H groups in total. The molecule has 0 saturated carbocycles. The van der Waals surface area contributed by atoms with Crippen LogP contribution in [-0.4, -0.2) is 5.78 Å². The van der Waals surface area contributed by atoms with E-state index in [1.165, 1.54) is 12.1 Å². The van der Waals surface area contributed by atoms with E-state index in [9.17, 15) is 13.6 Å². The number of ketones is 1. The molecule has 0 bridgehead atoms. The van der Waals surface area contributed by atoms with E-state index in [-0.39, 0.29) is 11.7 Å². The van der Waals surface area contributed by atoms with Crippen LogP contribution >= 0.6 is 0 Å². The Balaban J connectivity index is 1.85. The second-order valence-corrected chi connectivity index (χ2v) is 5.20. The molecule has 1 atom stereocenters. The Morgan fingerprint density at radius 1 is 1.10 bits per heavy atom. The van der Waals surface area contributed by atoms with Crippen molar-refractivity contribution in [2.24, 2.45) is 5.92 Å². The number of carbonyl (C=O) groups is 1. The zero-order chi connectivity index (χ0) is 14.1. The summed E-state index contributed by atoms with van der Waals surface area (Å²) in [7, 11) is 0. The van der Waals surface area contributed by atoms with Gasteiger partial charge in [-0.05, 0) is 36.5 Å². The molecule has 102 valence electrons. The lowest BCUT2D eigenvalue weighted by atomic mass is 9.80. The van der Waals surface area contributed by atoms with E-state index in [1.54, 1.807) is 0 Å². The zero-order valence-corrected chi connectivity index (χ0v) is 10.9. The number of benzene rings is 2. The summed E-state index contributed by atoms with van der Waals surface area (Å²) < 4.78 is 26.6. The van der Waals surface area contributed by atoms with Crippen LogP contribution in [0.4, 0.5) is 8.78 Å². The van der Waals surface area contributed by atoms with Crippen LogP contribution in [0.2, 0.25) is 0 Å². The van der Waals surface area contributed by atoms with E-state index in [0.29, 0.717) is 18.4 Å². The van der Waals surface area contributed by atoms with Crippen LogP contribution in [0.3, 0.4) is 0 Å². The van der Waals surface area contributed by atoms with Crippen molar-refractivity contribution < 1.29 is 13.6 Å². The summed E-state index contributed by atoms with van der Waals surface area (Å²) in [4.78, 5) is 12.4. The molecule has 0 heterocycles. The van der Waals surface area contributed by atoms with Gasteiger partial charge >= 0.3 is 0 Å². The summed E-state index contributed by atoms with van der Waals surface area (Å²) in [6.07, 6.45) is 1.88. The van der Waals surface area contributed by atoms with Gasteiger partial charge in [0.05, 0.1) is 0 Å². The summed E-state index contributed by atoms with van der Waals surface area (Å²) in [5, 5.41) is 0. The molecule has 0 aliphatic heterocycles. The fourth-order valence-corrected chi connectivity index (χ4v) is 2.81. The molecule has 1 aliphatic rings. The number of aryl methyl sites for hydroxylation is 1. The quantitative estimate of drug-likeness (QED) is 0.809. The minimum absolute atomic E-state index is 0.0653. The third-order valence-electron chi connectivity index (χ3n) is 3.90. The van der Waals surface area contributed by atoms with Gasteiger partial charge in [0.25, 0.3) is 0 Å². The van der Waals surface area contributed by atoms with Gasteiger partial charge in [0.1, 0.15) is 11.6 Å². The lowest BCUT2D eigenvalue weighted by molar-refractivity contribution is 0.0901. The van der Waals surface area contributed by atoms with E-state index >= 15 is 0 Å². The molecule has 2 aromatic carbocycles. The van der Waals surface area contributed by atoms with Crippen LogP contribution in [0, 0.1) is 17.6 Å². The van der Waals surface area contributed by atoms with E-state index in [4.69, 9.17) is 0 Å². The van der Waals surface area contributed by atoms with Crippen molar-refractivity contribution in [3.05, 3.63) is 70.8 Å². The predicted molar refractivity (Wildman–Crippen MR) is 72.6 cm³/mol. The molecule has 0 spiro atoms. The largest absolute Gasteiger partial charge is 0.294 e. The van der Waals surface area contributed by atoms with Gasteiger partial charge in [-0.15, -0.1) is 0 Å². The van der Waals surface area contributed by atoms with Crippen molar-refractivity contribution >= 4 is 5.78 Å². The molecule has 3 heteroatoms. The Morgan fingerprint density at radius 3 is 2.70 bits per heavy atom. The van der Waals surface area contributed by atoms with Gasteiger partial charge in [-0.3, -0.25) is 4.79 Å². The molecule has 1 unspecified atom stereocenters. The van der Waals surface area contributed by atoms with Crippen molar-refractivity contribution in [3.63, 3.8) is 0 Å². The minimum Gasteiger partial charge on any atom is -0.294 e. The summed E-state index contributed by atoms with van der Waals surface area (Å²) in [5.41, 5.74) is 2.21. The summed E-state index contributed by atoms with van der Waals surface area (Å²) in [6, 6.07) is 11.1. The Kier molecular flexibility index (Phi) is 3.35. The second-order valence-electron chi connectivity index (χ2n) is 5.20. The number of hydrogen-bond acceptors (Lipinski definition) is 1. The first-order chi connectivity index (χ1) is 9.65. The third kappa shape index (κ3) is 2.36. The Morgan fingerprint density at radius 2 is 1.90 bits per heavy atom. The highest BCUT2D eigenvalue weighted by atomic mass is 19.1. The van der Waals surface area contributed by atoms with E-state index in [0.717, 1.165) is 23.6 Å². The molecule has 3 rings (SSSR count). The summed E-state index contributed by atoms with van der Waals surface area (Å²) in [6.45, 7) is 0. The van der Waals surface area contributed by atoms with Gasteiger partial charge in [0, 0.05) is 17.5 Å². The fourth-order valence-electron chi connectivity index (χ4n) is 2.81. The molecule has 1 aliphatic carbocycles. The molecular formula is C17H14F2O. The Labute approximate surface area is 116 Å². The Bertz CT molecular complexity index is 664.